The topological polar surface area (TPSA) is 41.6 Å². The monoisotopic (exact) mass is 360 g/mol. The molecule has 0 bridgehead atoms. The van der Waals surface area contributed by atoms with Crippen molar-refractivity contribution in [1.82, 2.24) is 5.32 Å². The Morgan fingerprint density at radius 3 is 2.40 bits per heavy atom. The zero-order valence-electron chi connectivity index (χ0n) is 15.2. The third kappa shape index (κ3) is 5.40. The van der Waals surface area contributed by atoms with Crippen molar-refractivity contribution in [2.75, 3.05) is 25.0 Å². The largest absolute Gasteiger partial charge is 0.481 e. The van der Waals surface area contributed by atoms with Crippen LogP contribution in [0.2, 0.25) is 5.02 Å². The first-order valence-corrected chi connectivity index (χ1v) is 8.73. The minimum Gasteiger partial charge on any atom is -0.481 e. The average molecular weight is 361 g/mol. The van der Waals surface area contributed by atoms with Gasteiger partial charge in [0, 0.05) is 30.8 Å². The number of amides is 1. The highest BCUT2D eigenvalue weighted by molar-refractivity contribution is 6.32. The number of benzene rings is 2. The van der Waals surface area contributed by atoms with Crippen LogP contribution in [-0.4, -0.2) is 32.1 Å². The molecule has 0 spiro atoms. The average Bonchev–Trinajstić information content (AvgIpc) is 2.60. The highest BCUT2D eigenvalue weighted by atomic mass is 35.5. The molecule has 0 heterocycles. The van der Waals surface area contributed by atoms with Gasteiger partial charge < -0.3 is 15.0 Å². The predicted octanol–water partition coefficient (Wildman–Crippen LogP) is 3.98. The Balaban J connectivity index is 1.82. The van der Waals surface area contributed by atoms with Gasteiger partial charge in [-0.15, -0.1) is 0 Å². The fourth-order valence-corrected chi connectivity index (χ4v) is 2.64. The van der Waals surface area contributed by atoms with E-state index in [2.05, 4.69) is 10.2 Å². The van der Waals surface area contributed by atoms with E-state index in [9.17, 15) is 4.79 Å². The van der Waals surface area contributed by atoms with Crippen LogP contribution in [0.4, 0.5) is 5.69 Å². The van der Waals surface area contributed by atoms with Gasteiger partial charge in [0.2, 0.25) is 0 Å². The first kappa shape index (κ1) is 19.1. The molecule has 134 valence electrons. The Labute approximate surface area is 154 Å². The van der Waals surface area contributed by atoms with E-state index in [0.717, 1.165) is 28.4 Å². The number of aryl methyl sites for hydroxylation is 2. The van der Waals surface area contributed by atoms with E-state index in [0.29, 0.717) is 12.3 Å². The lowest BCUT2D eigenvalue weighted by Crippen LogP contribution is -2.40. The molecular formula is C20H25ClN2O2. The van der Waals surface area contributed by atoms with Crippen LogP contribution >= 0.6 is 11.6 Å². The van der Waals surface area contributed by atoms with E-state index >= 15 is 0 Å². The predicted molar refractivity (Wildman–Crippen MR) is 104 cm³/mol. The summed E-state index contributed by atoms with van der Waals surface area (Å²) < 4.78 is 5.75. The lowest BCUT2D eigenvalue weighted by molar-refractivity contribution is -0.127. The summed E-state index contributed by atoms with van der Waals surface area (Å²) in [7, 11) is 2.00. The summed E-state index contributed by atoms with van der Waals surface area (Å²) in [5.74, 6) is 0.523. The molecule has 0 saturated carbocycles. The number of likely N-dealkylation sites (N-methyl/N-ethyl adjacent to an activating group) is 1. The van der Waals surface area contributed by atoms with Crippen LogP contribution in [0.5, 0.6) is 5.75 Å². The van der Waals surface area contributed by atoms with E-state index in [1.165, 1.54) is 0 Å². The van der Waals surface area contributed by atoms with Gasteiger partial charge in [0.25, 0.3) is 5.91 Å². The zero-order valence-corrected chi connectivity index (χ0v) is 15.9. The van der Waals surface area contributed by atoms with E-state index < -0.39 is 6.10 Å². The van der Waals surface area contributed by atoms with Gasteiger partial charge in [-0.3, -0.25) is 4.79 Å². The number of hydrogen-bond acceptors (Lipinski definition) is 3. The first-order chi connectivity index (χ1) is 11.9. The van der Waals surface area contributed by atoms with Gasteiger partial charge in [0.15, 0.2) is 6.10 Å². The second-order valence-electron chi connectivity index (χ2n) is 6.18. The number of carbonyl (C=O) groups is 1. The Bertz CT molecular complexity index is 696. The highest BCUT2D eigenvalue weighted by Crippen LogP contribution is 2.26. The second kappa shape index (κ2) is 8.77. The number of ether oxygens (including phenoxy) is 1. The first-order valence-electron chi connectivity index (χ1n) is 8.35. The number of rotatable bonds is 7. The summed E-state index contributed by atoms with van der Waals surface area (Å²) in [6.45, 7) is 6.87. The number of hydrogen-bond donors (Lipinski definition) is 1. The molecular weight excluding hydrogens is 336 g/mol. The Hall–Kier alpha value is -2.20. The van der Waals surface area contributed by atoms with Crippen molar-refractivity contribution in [2.24, 2.45) is 0 Å². The van der Waals surface area contributed by atoms with Gasteiger partial charge in [-0.2, -0.15) is 0 Å². The standard InChI is InChI=1S/C20H25ClN2O2/c1-14-12-18(13-15(2)19(14)21)25-16(3)20(24)22-10-11-23(4)17-8-6-5-7-9-17/h5-9,12-13,16H,10-11H2,1-4H3,(H,22,24)/t16-/m1/s1. The third-order valence-electron chi connectivity index (χ3n) is 4.04. The number of para-hydroxylation sites is 1. The van der Waals surface area contributed by atoms with E-state index in [1.54, 1.807) is 6.92 Å². The second-order valence-corrected chi connectivity index (χ2v) is 6.56. The molecule has 1 atom stereocenters. The molecule has 1 amide bonds. The minimum atomic E-state index is -0.568. The summed E-state index contributed by atoms with van der Waals surface area (Å²) >= 11 is 6.16. The Kier molecular flexibility index (Phi) is 6.71. The molecule has 0 fully saturated rings. The van der Waals surface area contributed by atoms with Crippen LogP contribution in [0, 0.1) is 13.8 Å². The van der Waals surface area contributed by atoms with E-state index in [-0.39, 0.29) is 5.91 Å². The van der Waals surface area contributed by atoms with E-state index in [1.807, 2.05) is 63.4 Å². The smallest absolute Gasteiger partial charge is 0.260 e. The molecule has 4 nitrogen and oxygen atoms in total. The zero-order chi connectivity index (χ0) is 18.4. The van der Waals surface area contributed by atoms with Crippen LogP contribution in [-0.2, 0) is 4.79 Å². The van der Waals surface area contributed by atoms with Crippen molar-refractivity contribution in [3.05, 3.63) is 58.6 Å². The number of nitrogens with zero attached hydrogens (tertiary/aromatic N) is 1. The summed E-state index contributed by atoms with van der Waals surface area (Å²) in [4.78, 5) is 14.3. The molecule has 2 aromatic carbocycles. The molecule has 0 aliphatic carbocycles. The number of nitrogens with one attached hydrogen (secondary N) is 1. The minimum absolute atomic E-state index is 0.133. The van der Waals surface area contributed by atoms with Crippen molar-refractivity contribution < 1.29 is 9.53 Å². The van der Waals surface area contributed by atoms with Gasteiger partial charge in [-0.25, -0.2) is 0 Å². The highest BCUT2D eigenvalue weighted by Gasteiger charge is 2.15. The van der Waals surface area contributed by atoms with Crippen LogP contribution in [0.1, 0.15) is 18.1 Å². The van der Waals surface area contributed by atoms with Gasteiger partial charge >= 0.3 is 0 Å². The molecule has 25 heavy (non-hydrogen) atoms. The number of carbonyl (C=O) groups excluding carboxylic acids is 1. The quantitative estimate of drug-likeness (QED) is 0.812. The van der Waals surface area contributed by atoms with Crippen molar-refractivity contribution >= 4 is 23.2 Å². The third-order valence-corrected chi connectivity index (χ3v) is 4.63. The molecule has 1 N–H and O–H groups in total. The Morgan fingerprint density at radius 2 is 1.80 bits per heavy atom. The van der Waals surface area contributed by atoms with Gasteiger partial charge in [-0.1, -0.05) is 29.8 Å². The molecule has 0 aromatic heterocycles. The maximum absolute atomic E-state index is 12.2. The van der Waals surface area contributed by atoms with Crippen molar-refractivity contribution in [3.63, 3.8) is 0 Å². The molecule has 0 radical (unpaired) electrons. The normalized spacial score (nSPS) is 11.7. The lowest BCUT2D eigenvalue weighted by atomic mass is 10.1. The summed E-state index contributed by atoms with van der Waals surface area (Å²) in [5, 5.41) is 3.64. The van der Waals surface area contributed by atoms with Crippen molar-refractivity contribution in [3.8, 4) is 5.75 Å². The Morgan fingerprint density at radius 1 is 1.20 bits per heavy atom. The van der Waals surface area contributed by atoms with Gasteiger partial charge in [0.1, 0.15) is 5.75 Å². The number of halogens is 1. The fraction of sp³-hybridized carbons (Fsp3) is 0.350. The SMILES string of the molecule is Cc1cc(O[C@H](C)C(=O)NCCN(C)c2ccccc2)cc(C)c1Cl. The molecule has 0 aliphatic rings. The molecule has 2 rings (SSSR count). The van der Waals surface area contributed by atoms with Crippen molar-refractivity contribution in [1.29, 1.82) is 0 Å². The molecule has 0 unspecified atom stereocenters. The maximum Gasteiger partial charge on any atom is 0.260 e. The van der Waals surface area contributed by atoms with Crippen LogP contribution in [0.15, 0.2) is 42.5 Å². The van der Waals surface area contributed by atoms with Crippen LogP contribution < -0.4 is 15.0 Å². The van der Waals surface area contributed by atoms with Crippen LogP contribution in [0.25, 0.3) is 0 Å². The summed E-state index contributed by atoms with van der Waals surface area (Å²) in [6, 6.07) is 13.8. The van der Waals surface area contributed by atoms with Crippen LogP contribution in [0.3, 0.4) is 0 Å². The molecule has 2 aromatic rings. The van der Waals surface area contributed by atoms with E-state index in [4.69, 9.17) is 16.3 Å². The molecule has 0 aliphatic heterocycles. The summed E-state index contributed by atoms with van der Waals surface area (Å²) in [5.41, 5.74) is 3.00. The van der Waals surface area contributed by atoms with Gasteiger partial charge in [-0.05, 0) is 56.2 Å². The summed E-state index contributed by atoms with van der Waals surface area (Å²) in [6.07, 6.45) is -0.568. The lowest BCUT2D eigenvalue weighted by Gasteiger charge is -2.20. The molecule has 5 heteroatoms. The van der Waals surface area contributed by atoms with Crippen molar-refractivity contribution in [2.45, 2.75) is 26.9 Å². The van der Waals surface area contributed by atoms with Gasteiger partial charge in [0.05, 0.1) is 0 Å². The maximum atomic E-state index is 12.2. The molecule has 0 saturated heterocycles. The number of anilines is 1. The fourth-order valence-electron chi connectivity index (χ4n) is 2.53.